The van der Waals surface area contributed by atoms with Crippen molar-refractivity contribution in [2.45, 2.75) is 6.42 Å². The first-order valence-electron chi connectivity index (χ1n) is 10.7. The lowest BCUT2D eigenvalue weighted by Gasteiger charge is -2.25. The number of rotatable bonds is 4. The van der Waals surface area contributed by atoms with Gasteiger partial charge in [-0.05, 0) is 41.3 Å². The smallest absolute Gasteiger partial charge is 0.254 e. The zero-order valence-corrected chi connectivity index (χ0v) is 17.4. The molecule has 0 aliphatic carbocycles. The summed E-state index contributed by atoms with van der Waals surface area (Å²) in [5, 5.41) is 4.33. The minimum atomic E-state index is 0.0671. The first-order chi connectivity index (χ1) is 15.3. The number of benzene rings is 2. The highest BCUT2D eigenvalue weighted by atomic mass is 16.5. The lowest BCUT2D eigenvalue weighted by atomic mass is 9.97. The molecule has 5 heteroatoms. The Hall–Kier alpha value is -3.44. The number of ether oxygens (including phenoxy) is 1. The van der Waals surface area contributed by atoms with E-state index in [2.05, 4.69) is 11.2 Å². The predicted octanol–water partition coefficient (Wildman–Crippen LogP) is 4.33. The third-order valence-corrected chi connectivity index (χ3v) is 5.90. The van der Waals surface area contributed by atoms with Crippen LogP contribution in [0.5, 0.6) is 0 Å². The van der Waals surface area contributed by atoms with Crippen LogP contribution < -0.4 is 0 Å². The van der Waals surface area contributed by atoms with E-state index in [9.17, 15) is 4.79 Å². The zero-order chi connectivity index (χ0) is 21.0. The van der Waals surface area contributed by atoms with Crippen molar-refractivity contribution in [1.29, 1.82) is 0 Å². The van der Waals surface area contributed by atoms with Gasteiger partial charge < -0.3 is 9.64 Å². The number of hydrogen-bond acceptors (Lipinski definition) is 3. The molecule has 0 radical (unpaired) electrons. The quantitative estimate of drug-likeness (QED) is 0.502. The number of carbonyl (C=O) groups is 1. The number of aromatic nitrogens is 2. The molecule has 4 aromatic rings. The summed E-state index contributed by atoms with van der Waals surface area (Å²) in [4.78, 5) is 15.5. The van der Waals surface area contributed by atoms with Crippen LogP contribution in [-0.4, -0.2) is 46.7 Å². The lowest BCUT2D eigenvalue weighted by molar-refractivity contribution is 0.0738. The SMILES string of the molecule is O=C(c1ccccc1-c1ccccc1)N1CCOC[C@@H](Cc2cccn3nccc23)C1. The molecule has 31 heavy (non-hydrogen) atoms. The molecule has 5 rings (SSSR count). The Morgan fingerprint density at radius 2 is 1.84 bits per heavy atom. The van der Waals surface area contributed by atoms with E-state index in [1.165, 1.54) is 5.56 Å². The van der Waals surface area contributed by atoms with E-state index in [1.54, 1.807) is 0 Å². The Bertz CT molecular complexity index is 1190. The lowest BCUT2D eigenvalue weighted by Crippen LogP contribution is -2.36. The van der Waals surface area contributed by atoms with E-state index < -0.39 is 0 Å². The van der Waals surface area contributed by atoms with Gasteiger partial charge in [-0.3, -0.25) is 4.79 Å². The minimum Gasteiger partial charge on any atom is -0.379 e. The van der Waals surface area contributed by atoms with Crippen molar-refractivity contribution >= 4 is 11.4 Å². The van der Waals surface area contributed by atoms with Crippen LogP contribution in [0.25, 0.3) is 16.6 Å². The number of nitrogens with zero attached hydrogens (tertiary/aromatic N) is 3. The molecular formula is C26H25N3O2. The van der Waals surface area contributed by atoms with Crippen molar-refractivity contribution in [1.82, 2.24) is 14.5 Å². The number of pyridine rings is 1. The molecule has 2 aromatic carbocycles. The van der Waals surface area contributed by atoms with Gasteiger partial charge in [0.25, 0.3) is 5.91 Å². The van der Waals surface area contributed by atoms with Gasteiger partial charge in [-0.15, -0.1) is 0 Å². The third kappa shape index (κ3) is 4.09. The van der Waals surface area contributed by atoms with Crippen molar-refractivity contribution in [2.75, 3.05) is 26.3 Å². The molecule has 1 aliphatic rings. The standard InChI is InChI=1S/C26H25N3O2/c30-26(24-11-5-4-10-23(24)21-7-2-1-3-8-21)28-15-16-31-19-20(18-28)17-22-9-6-14-29-25(22)12-13-27-29/h1-14,20H,15-19H2/t20-/m0/s1. The van der Waals surface area contributed by atoms with E-state index in [4.69, 9.17) is 4.74 Å². The maximum atomic E-state index is 13.6. The van der Waals surface area contributed by atoms with Crippen LogP contribution in [0.4, 0.5) is 0 Å². The molecule has 0 N–H and O–H groups in total. The van der Waals surface area contributed by atoms with Gasteiger partial charge in [0.05, 0.1) is 18.7 Å². The summed E-state index contributed by atoms with van der Waals surface area (Å²) in [5.41, 5.74) is 5.11. The van der Waals surface area contributed by atoms with Gasteiger partial charge in [-0.1, -0.05) is 54.6 Å². The van der Waals surface area contributed by atoms with Crippen molar-refractivity contribution in [3.8, 4) is 11.1 Å². The van der Waals surface area contributed by atoms with Crippen LogP contribution in [0.1, 0.15) is 15.9 Å². The van der Waals surface area contributed by atoms with Gasteiger partial charge in [0.2, 0.25) is 0 Å². The molecule has 0 saturated carbocycles. The Kier molecular flexibility index (Phi) is 5.50. The molecular weight excluding hydrogens is 386 g/mol. The van der Waals surface area contributed by atoms with Crippen LogP contribution >= 0.6 is 0 Å². The first-order valence-corrected chi connectivity index (χ1v) is 10.7. The van der Waals surface area contributed by atoms with Gasteiger partial charge in [-0.25, -0.2) is 4.52 Å². The predicted molar refractivity (Wildman–Crippen MR) is 121 cm³/mol. The van der Waals surface area contributed by atoms with E-state index in [-0.39, 0.29) is 11.8 Å². The fourth-order valence-electron chi connectivity index (χ4n) is 4.39. The molecule has 5 nitrogen and oxygen atoms in total. The van der Waals surface area contributed by atoms with Crippen LogP contribution in [0.3, 0.4) is 0 Å². The first kappa shape index (κ1) is 19.5. The highest BCUT2D eigenvalue weighted by Gasteiger charge is 2.25. The maximum Gasteiger partial charge on any atom is 0.254 e. The molecule has 1 amide bonds. The zero-order valence-electron chi connectivity index (χ0n) is 17.4. The number of hydrogen-bond donors (Lipinski definition) is 0. The summed E-state index contributed by atoms with van der Waals surface area (Å²) >= 11 is 0. The van der Waals surface area contributed by atoms with Gasteiger partial charge in [-0.2, -0.15) is 5.10 Å². The Labute approximate surface area is 181 Å². The number of fused-ring (bicyclic) bond motifs is 1. The number of carbonyl (C=O) groups excluding carboxylic acids is 1. The average Bonchev–Trinajstić information content (AvgIpc) is 3.19. The summed E-state index contributed by atoms with van der Waals surface area (Å²) < 4.78 is 7.78. The third-order valence-electron chi connectivity index (χ3n) is 5.90. The van der Waals surface area contributed by atoms with Crippen molar-refractivity contribution in [2.24, 2.45) is 5.92 Å². The molecule has 156 valence electrons. The molecule has 1 saturated heterocycles. The van der Waals surface area contributed by atoms with E-state index in [0.717, 1.165) is 28.6 Å². The normalized spacial score (nSPS) is 16.9. The van der Waals surface area contributed by atoms with E-state index in [1.807, 2.05) is 88.5 Å². The molecule has 3 heterocycles. The molecule has 0 spiro atoms. The highest BCUT2D eigenvalue weighted by molar-refractivity contribution is 6.00. The Morgan fingerprint density at radius 1 is 1.00 bits per heavy atom. The van der Waals surface area contributed by atoms with Gasteiger partial charge >= 0.3 is 0 Å². The summed E-state index contributed by atoms with van der Waals surface area (Å²) in [6.45, 7) is 2.50. The second-order valence-corrected chi connectivity index (χ2v) is 8.00. The van der Waals surface area contributed by atoms with Crippen molar-refractivity contribution in [3.05, 3.63) is 96.3 Å². The van der Waals surface area contributed by atoms with Gasteiger partial charge in [0.1, 0.15) is 0 Å². The number of amides is 1. The van der Waals surface area contributed by atoms with Crippen LogP contribution in [0.15, 0.2) is 85.2 Å². The summed E-state index contributed by atoms with van der Waals surface area (Å²) in [7, 11) is 0. The second-order valence-electron chi connectivity index (χ2n) is 8.00. The summed E-state index contributed by atoms with van der Waals surface area (Å²) in [6, 6.07) is 24.2. The van der Waals surface area contributed by atoms with E-state index >= 15 is 0 Å². The van der Waals surface area contributed by atoms with Crippen LogP contribution in [-0.2, 0) is 11.2 Å². The second kappa shape index (κ2) is 8.74. The molecule has 1 aliphatic heterocycles. The monoisotopic (exact) mass is 411 g/mol. The van der Waals surface area contributed by atoms with Crippen molar-refractivity contribution < 1.29 is 9.53 Å². The van der Waals surface area contributed by atoms with Crippen LogP contribution in [0, 0.1) is 5.92 Å². The average molecular weight is 412 g/mol. The Balaban J connectivity index is 1.39. The summed E-state index contributed by atoms with van der Waals surface area (Å²) in [6.07, 6.45) is 4.62. The maximum absolute atomic E-state index is 13.6. The van der Waals surface area contributed by atoms with Crippen molar-refractivity contribution in [3.63, 3.8) is 0 Å². The molecule has 1 fully saturated rings. The fourth-order valence-corrected chi connectivity index (χ4v) is 4.39. The molecule has 1 atom stereocenters. The van der Waals surface area contributed by atoms with Crippen LogP contribution in [0.2, 0.25) is 0 Å². The topological polar surface area (TPSA) is 46.8 Å². The van der Waals surface area contributed by atoms with E-state index in [0.29, 0.717) is 26.3 Å². The Morgan fingerprint density at radius 3 is 2.74 bits per heavy atom. The van der Waals surface area contributed by atoms with Gasteiger partial charge in [0, 0.05) is 37.0 Å². The van der Waals surface area contributed by atoms with Gasteiger partial charge in [0.15, 0.2) is 0 Å². The minimum absolute atomic E-state index is 0.0671. The fraction of sp³-hybridized carbons (Fsp3) is 0.231. The summed E-state index contributed by atoms with van der Waals surface area (Å²) in [5.74, 6) is 0.300. The molecule has 0 bridgehead atoms. The molecule has 2 aromatic heterocycles. The highest BCUT2D eigenvalue weighted by Crippen LogP contribution is 2.26. The largest absolute Gasteiger partial charge is 0.379 e. The molecule has 0 unspecified atom stereocenters.